The molecule has 1 aromatic carbocycles. The van der Waals surface area contributed by atoms with E-state index in [-0.39, 0.29) is 5.41 Å². The molecule has 0 spiro atoms. The minimum atomic E-state index is 0.0790. The molecule has 1 nitrogen and oxygen atoms in total. The second-order valence-electron chi connectivity index (χ2n) is 7.83. The van der Waals surface area contributed by atoms with Crippen molar-refractivity contribution >= 4 is 11.9 Å². The van der Waals surface area contributed by atoms with E-state index in [2.05, 4.69) is 85.9 Å². The van der Waals surface area contributed by atoms with Crippen LogP contribution in [0.5, 0.6) is 0 Å². The van der Waals surface area contributed by atoms with Crippen molar-refractivity contribution in [2.45, 2.75) is 73.6 Å². The Hall–Kier alpha value is -1.37. The molecule has 0 fully saturated rings. The minimum Gasteiger partial charge on any atom is -0.260 e. The van der Waals surface area contributed by atoms with Gasteiger partial charge in [0.1, 0.15) is 0 Å². The first-order chi connectivity index (χ1) is 10.1. The first kappa shape index (κ1) is 18.7. The lowest BCUT2D eigenvalue weighted by molar-refractivity contribution is 0.544. The van der Waals surface area contributed by atoms with Gasteiger partial charge in [0, 0.05) is 11.6 Å². The topological polar surface area (TPSA) is 12.4 Å². The van der Waals surface area contributed by atoms with Crippen LogP contribution in [0.4, 0.5) is 5.69 Å². The van der Waals surface area contributed by atoms with Crippen LogP contribution in [0.3, 0.4) is 0 Å². The van der Waals surface area contributed by atoms with Gasteiger partial charge in [0.2, 0.25) is 0 Å². The molecule has 0 aliphatic heterocycles. The molecule has 0 aliphatic rings. The van der Waals surface area contributed by atoms with Gasteiger partial charge in [-0.2, -0.15) is 0 Å². The van der Waals surface area contributed by atoms with Crippen LogP contribution in [0.1, 0.15) is 84.8 Å². The van der Waals surface area contributed by atoms with E-state index in [1.165, 1.54) is 22.4 Å². The highest BCUT2D eigenvalue weighted by Gasteiger charge is 2.16. The molecule has 0 amide bonds. The fourth-order valence-electron chi connectivity index (χ4n) is 2.42. The van der Waals surface area contributed by atoms with Crippen LogP contribution in [0.2, 0.25) is 0 Å². The summed E-state index contributed by atoms with van der Waals surface area (Å²) < 4.78 is 0. The first-order valence-electron chi connectivity index (χ1n) is 8.45. The second-order valence-corrected chi connectivity index (χ2v) is 7.83. The fraction of sp³-hybridized carbons (Fsp3) is 0.571. The van der Waals surface area contributed by atoms with E-state index < -0.39 is 0 Å². The molecule has 0 unspecified atom stereocenters. The van der Waals surface area contributed by atoms with Crippen molar-refractivity contribution < 1.29 is 0 Å². The first-order valence-corrected chi connectivity index (χ1v) is 8.45. The zero-order valence-electron chi connectivity index (χ0n) is 15.7. The fourth-order valence-corrected chi connectivity index (χ4v) is 2.42. The van der Waals surface area contributed by atoms with Crippen LogP contribution >= 0.6 is 0 Å². The van der Waals surface area contributed by atoms with Crippen molar-refractivity contribution in [3.8, 4) is 0 Å². The molecule has 22 heavy (non-hydrogen) atoms. The maximum Gasteiger partial charge on any atom is 0.0695 e. The van der Waals surface area contributed by atoms with Gasteiger partial charge in [0.05, 0.1) is 5.69 Å². The zero-order chi connectivity index (χ0) is 16.9. The average molecular weight is 300 g/mol. The number of hydrogen-bond acceptors (Lipinski definition) is 1. The summed E-state index contributed by atoms with van der Waals surface area (Å²) in [6.45, 7) is 17.8. The SMILES string of the molecule is CC(C)=CCC(C)(C)C=Nc1c(C(C)C)cccc1C(C)C. The molecule has 0 aromatic heterocycles. The Morgan fingerprint density at radius 1 is 1.05 bits per heavy atom. The summed E-state index contributed by atoms with van der Waals surface area (Å²) in [5, 5.41) is 0. The van der Waals surface area contributed by atoms with Crippen molar-refractivity contribution in [2.24, 2.45) is 10.4 Å². The molecule has 0 saturated heterocycles. The largest absolute Gasteiger partial charge is 0.260 e. The maximum absolute atomic E-state index is 4.94. The number of rotatable bonds is 6. The highest BCUT2D eigenvalue weighted by Crippen LogP contribution is 2.35. The Balaban J connectivity index is 3.20. The molecule has 1 heteroatoms. The van der Waals surface area contributed by atoms with Crippen LogP contribution in [0, 0.1) is 5.41 Å². The van der Waals surface area contributed by atoms with Crippen LogP contribution < -0.4 is 0 Å². The summed E-state index contributed by atoms with van der Waals surface area (Å²) in [4.78, 5) is 4.94. The lowest BCUT2D eigenvalue weighted by atomic mass is 9.89. The van der Waals surface area contributed by atoms with Crippen molar-refractivity contribution in [1.29, 1.82) is 0 Å². The van der Waals surface area contributed by atoms with Gasteiger partial charge in [0.15, 0.2) is 0 Å². The molecule has 0 radical (unpaired) electrons. The molecule has 0 heterocycles. The van der Waals surface area contributed by atoms with Crippen LogP contribution in [0.25, 0.3) is 0 Å². The summed E-state index contributed by atoms with van der Waals surface area (Å²) in [7, 11) is 0. The quantitative estimate of drug-likeness (QED) is 0.395. The number of benzene rings is 1. The highest BCUT2D eigenvalue weighted by atomic mass is 14.7. The van der Waals surface area contributed by atoms with Crippen LogP contribution in [-0.4, -0.2) is 6.21 Å². The Kier molecular flexibility index (Phi) is 6.59. The highest BCUT2D eigenvalue weighted by molar-refractivity contribution is 5.72. The summed E-state index contributed by atoms with van der Waals surface area (Å²) in [5.74, 6) is 0.985. The lowest BCUT2D eigenvalue weighted by Crippen LogP contribution is -2.12. The molecule has 0 aliphatic carbocycles. The summed E-state index contributed by atoms with van der Waals surface area (Å²) in [6.07, 6.45) is 5.46. The van der Waals surface area contributed by atoms with E-state index in [0.717, 1.165) is 6.42 Å². The molecule has 0 atom stereocenters. The molecule has 0 bridgehead atoms. The molecular weight excluding hydrogens is 266 g/mol. The van der Waals surface area contributed by atoms with E-state index in [9.17, 15) is 0 Å². The standard InChI is InChI=1S/C21H33N/c1-15(2)12-13-21(7,8)14-22-20-18(16(3)4)10-9-11-19(20)17(5)6/h9-12,14,16-17H,13H2,1-8H3. The average Bonchev–Trinajstić information content (AvgIpc) is 2.42. The van der Waals surface area contributed by atoms with E-state index >= 15 is 0 Å². The van der Waals surface area contributed by atoms with Crippen molar-refractivity contribution in [1.82, 2.24) is 0 Å². The van der Waals surface area contributed by atoms with Gasteiger partial charge in [-0.05, 0) is 43.2 Å². The van der Waals surface area contributed by atoms with Crippen LogP contribution in [0.15, 0.2) is 34.8 Å². The van der Waals surface area contributed by atoms with Gasteiger partial charge in [-0.25, -0.2) is 0 Å². The van der Waals surface area contributed by atoms with Gasteiger partial charge in [0.25, 0.3) is 0 Å². The van der Waals surface area contributed by atoms with E-state index in [4.69, 9.17) is 4.99 Å². The predicted octanol–water partition coefficient (Wildman–Crippen LogP) is 7.02. The van der Waals surface area contributed by atoms with E-state index in [1.54, 1.807) is 0 Å². The predicted molar refractivity (Wildman–Crippen MR) is 101 cm³/mol. The van der Waals surface area contributed by atoms with Gasteiger partial charge >= 0.3 is 0 Å². The van der Waals surface area contributed by atoms with Gasteiger partial charge in [-0.3, -0.25) is 4.99 Å². The Labute approximate surface area is 137 Å². The van der Waals surface area contributed by atoms with Gasteiger partial charge in [-0.1, -0.05) is 71.4 Å². The van der Waals surface area contributed by atoms with E-state index in [0.29, 0.717) is 11.8 Å². The summed E-state index contributed by atoms with van der Waals surface area (Å²) in [5.41, 5.74) is 5.32. The third-order valence-electron chi connectivity index (χ3n) is 3.92. The number of para-hydroxylation sites is 1. The second kappa shape index (κ2) is 7.76. The van der Waals surface area contributed by atoms with Crippen LogP contribution in [-0.2, 0) is 0 Å². The Bertz CT molecular complexity index is 515. The van der Waals surface area contributed by atoms with Crippen molar-refractivity contribution in [3.05, 3.63) is 41.0 Å². The zero-order valence-corrected chi connectivity index (χ0v) is 15.7. The minimum absolute atomic E-state index is 0.0790. The van der Waals surface area contributed by atoms with Gasteiger partial charge < -0.3 is 0 Å². The number of aliphatic imine (C=N–C) groups is 1. The molecule has 1 aromatic rings. The molecule has 122 valence electrons. The molecular formula is C21H33N. The van der Waals surface area contributed by atoms with Crippen molar-refractivity contribution in [3.63, 3.8) is 0 Å². The third kappa shape index (κ3) is 5.44. The number of nitrogens with zero attached hydrogens (tertiary/aromatic N) is 1. The monoisotopic (exact) mass is 299 g/mol. The Morgan fingerprint density at radius 2 is 1.55 bits per heavy atom. The smallest absolute Gasteiger partial charge is 0.0695 e. The Morgan fingerprint density at radius 3 is 1.95 bits per heavy atom. The summed E-state index contributed by atoms with van der Waals surface area (Å²) >= 11 is 0. The maximum atomic E-state index is 4.94. The number of allylic oxidation sites excluding steroid dienone is 2. The third-order valence-corrected chi connectivity index (χ3v) is 3.92. The van der Waals surface area contributed by atoms with Gasteiger partial charge in [-0.15, -0.1) is 0 Å². The molecule has 1 rings (SSSR count). The molecule has 0 N–H and O–H groups in total. The molecule has 0 saturated carbocycles. The van der Waals surface area contributed by atoms with E-state index in [1.807, 2.05) is 0 Å². The normalized spacial score (nSPS) is 12.5. The summed E-state index contributed by atoms with van der Waals surface area (Å²) in [6, 6.07) is 6.59. The lowest BCUT2D eigenvalue weighted by Gasteiger charge is -2.20. The van der Waals surface area contributed by atoms with Crippen molar-refractivity contribution in [2.75, 3.05) is 0 Å². The number of hydrogen-bond donors (Lipinski definition) is 0.